The summed E-state index contributed by atoms with van der Waals surface area (Å²) in [4.78, 5) is 13.3. The van der Waals surface area contributed by atoms with E-state index in [9.17, 15) is 4.79 Å². The Morgan fingerprint density at radius 3 is 2.20 bits per heavy atom. The Morgan fingerprint density at radius 2 is 2.10 bits per heavy atom. The van der Waals surface area contributed by atoms with Gasteiger partial charge in [0, 0.05) is 4.91 Å². The van der Waals surface area contributed by atoms with Crippen LogP contribution in [0.2, 0.25) is 0 Å². The summed E-state index contributed by atoms with van der Waals surface area (Å²) >= 11 is 0. The van der Waals surface area contributed by atoms with E-state index in [-0.39, 0.29) is 11.7 Å². The summed E-state index contributed by atoms with van der Waals surface area (Å²) in [6, 6.07) is -0.495. The summed E-state index contributed by atoms with van der Waals surface area (Å²) in [5.41, 5.74) is 8.04. The Labute approximate surface area is 59.9 Å². The highest BCUT2D eigenvalue weighted by Crippen LogP contribution is 2.06. The van der Waals surface area contributed by atoms with Gasteiger partial charge in [-0.25, -0.2) is 0 Å². The summed E-state index contributed by atoms with van der Waals surface area (Å²) in [7, 11) is 0. The lowest BCUT2D eigenvalue weighted by Gasteiger charge is -2.09. The highest BCUT2D eigenvalue weighted by atomic mass is 16.1. The number of hydrogen-bond acceptors (Lipinski definition) is 2. The minimum Gasteiger partial charge on any atom is -0.300 e. The zero-order valence-corrected chi connectivity index (χ0v) is 6.40. The zero-order valence-electron chi connectivity index (χ0n) is 6.40. The van der Waals surface area contributed by atoms with Crippen molar-refractivity contribution >= 4 is 5.78 Å². The van der Waals surface area contributed by atoms with Crippen LogP contribution in [0.15, 0.2) is 5.11 Å². The van der Waals surface area contributed by atoms with Gasteiger partial charge in [0.1, 0.15) is 5.78 Å². The van der Waals surface area contributed by atoms with Crippen LogP contribution in [0, 0.1) is 5.92 Å². The molecule has 56 valence electrons. The molecule has 0 saturated heterocycles. The molecule has 0 fully saturated rings. The van der Waals surface area contributed by atoms with Crippen molar-refractivity contribution in [3.8, 4) is 0 Å². The quantitative estimate of drug-likeness (QED) is 0.336. The van der Waals surface area contributed by atoms with Crippen molar-refractivity contribution in [3.63, 3.8) is 0 Å². The molecule has 0 aliphatic carbocycles. The van der Waals surface area contributed by atoms with Crippen LogP contribution >= 0.6 is 0 Å². The maximum absolute atomic E-state index is 10.7. The summed E-state index contributed by atoms with van der Waals surface area (Å²) in [5, 5.41) is 3.35. The first-order chi connectivity index (χ1) is 4.59. The van der Waals surface area contributed by atoms with Gasteiger partial charge in [-0.3, -0.25) is 4.79 Å². The van der Waals surface area contributed by atoms with Crippen LogP contribution in [-0.2, 0) is 4.79 Å². The fraction of sp³-hybridized carbons (Fsp3) is 0.833. The van der Waals surface area contributed by atoms with Gasteiger partial charge >= 0.3 is 0 Å². The van der Waals surface area contributed by atoms with Gasteiger partial charge in [-0.15, -0.1) is 0 Å². The lowest BCUT2D eigenvalue weighted by atomic mass is 10.0. The van der Waals surface area contributed by atoms with Crippen molar-refractivity contribution < 1.29 is 4.79 Å². The first-order valence-electron chi connectivity index (χ1n) is 3.14. The lowest BCUT2D eigenvalue weighted by Crippen LogP contribution is -2.20. The van der Waals surface area contributed by atoms with Crippen LogP contribution in [0.1, 0.15) is 20.8 Å². The molecule has 0 bridgehead atoms. The topological polar surface area (TPSA) is 65.8 Å². The largest absolute Gasteiger partial charge is 0.300 e. The molecule has 10 heavy (non-hydrogen) atoms. The summed E-state index contributed by atoms with van der Waals surface area (Å²) < 4.78 is 0. The van der Waals surface area contributed by atoms with Crippen LogP contribution in [-0.4, -0.2) is 11.8 Å². The molecule has 0 spiro atoms. The Morgan fingerprint density at radius 1 is 1.60 bits per heavy atom. The predicted molar refractivity (Wildman–Crippen MR) is 38.5 cm³/mol. The first kappa shape index (κ1) is 8.98. The highest BCUT2D eigenvalue weighted by molar-refractivity contribution is 5.81. The minimum atomic E-state index is -0.495. The third-order valence-electron chi connectivity index (χ3n) is 1.22. The molecule has 4 nitrogen and oxygen atoms in total. The Hall–Kier alpha value is -1.02. The van der Waals surface area contributed by atoms with Crippen molar-refractivity contribution in [2.45, 2.75) is 26.8 Å². The second kappa shape index (κ2) is 3.90. The molecule has 0 saturated carbocycles. The van der Waals surface area contributed by atoms with Gasteiger partial charge < -0.3 is 0 Å². The number of nitrogens with zero attached hydrogens (tertiary/aromatic N) is 3. The normalized spacial score (nSPS) is 12.4. The number of azide groups is 1. The number of Topliss-reactive ketones (excluding diaryl/α,β-unsaturated/α-hetero) is 1. The van der Waals surface area contributed by atoms with Crippen molar-refractivity contribution in [2.75, 3.05) is 0 Å². The van der Waals surface area contributed by atoms with Crippen molar-refractivity contribution in [3.05, 3.63) is 10.4 Å². The van der Waals surface area contributed by atoms with Crippen LogP contribution in [0.3, 0.4) is 0 Å². The van der Waals surface area contributed by atoms with Crippen molar-refractivity contribution in [1.29, 1.82) is 0 Å². The number of carbonyl (C=O) groups is 1. The van der Waals surface area contributed by atoms with E-state index in [2.05, 4.69) is 10.0 Å². The summed E-state index contributed by atoms with van der Waals surface area (Å²) in [6.45, 7) is 5.13. The Kier molecular flexibility index (Phi) is 3.51. The molecular formula is C6H11N3O. The highest BCUT2D eigenvalue weighted by Gasteiger charge is 2.15. The minimum absolute atomic E-state index is 0.0761. The van der Waals surface area contributed by atoms with E-state index in [1.165, 1.54) is 6.92 Å². The third-order valence-corrected chi connectivity index (χ3v) is 1.22. The lowest BCUT2D eigenvalue weighted by molar-refractivity contribution is -0.119. The molecule has 0 amide bonds. The van der Waals surface area contributed by atoms with Crippen LogP contribution in [0.25, 0.3) is 10.4 Å². The van der Waals surface area contributed by atoms with Gasteiger partial charge in [-0.05, 0) is 18.4 Å². The van der Waals surface area contributed by atoms with E-state index in [0.29, 0.717) is 0 Å². The van der Waals surface area contributed by atoms with Gasteiger partial charge in [-0.2, -0.15) is 0 Å². The fourth-order valence-corrected chi connectivity index (χ4v) is 0.740. The van der Waals surface area contributed by atoms with Gasteiger partial charge in [0.2, 0.25) is 0 Å². The molecule has 4 heteroatoms. The van der Waals surface area contributed by atoms with Gasteiger partial charge in [0.05, 0.1) is 6.04 Å². The second-order valence-corrected chi connectivity index (χ2v) is 2.50. The molecule has 1 unspecified atom stereocenters. The van der Waals surface area contributed by atoms with Crippen LogP contribution < -0.4 is 0 Å². The number of ketones is 1. The SMILES string of the molecule is CC(=O)C(N=[N+]=[N-])C(C)C. The molecule has 0 aromatic carbocycles. The van der Waals surface area contributed by atoms with E-state index in [4.69, 9.17) is 5.53 Å². The average Bonchev–Trinajstić information content (AvgIpc) is 1.81. The Balaban J connectivity index is 4.26. The van der Waals surface area contributed by atoms with Gasteiger partial charge in [-0.1, -0.05) is 19.0 Å². The number of carbonyl (C=O) groups excluding carboxylic acids is 1. The van der Waals surface area contributed by atoms with E-state index < -0.39 is 6.04 Å². The molecule has 0 radical (unpaired) electrons. The van der Waals surface area contributed by atoms with Gasteiger partial charge in [0.15, 0.2) is 0 Å². The van der Waals surface area contributed by atoms with E-state index in [0.717, 1.165) is 0 Å². The molecule has 0 aliphatic rings. The number of rotatable bonds is 3. The molecule has 0 N–H and O–H groups in total. The van der Waals surface area contributed by atoms with Crippen molar-refractivity contribution in [1.82, 2.24) is 0 Å². The third kappa shape index (κ3) is 2.51. The van der Waals surface area contributed by atoms with Gasteiger partial charge in [0.25, 0.3) is 0 Å². The standard InChI is InChI=1S/C6H11N3O/c1-4(2)6(5(3)10)8-9-7/h4,6H,1-3H3. The van der Waals surface area contributed by atoms with Crippen molar-refractivity contribution in [2.24, 2.45) is 11.0 Å². The van der Waals surface area contributed by atoms with E-state index >= 15 is 0 Å². The maximum Gasteiger partial charge on any atom is 0.138 e. The monoisotopic (exact) mass is 141 g/mol. The molecular weight excluding hydrogens is 130 g/mol. The first-order valence-corrected chi connectivity index (χ1v) is 3.14. The zero-order chi connectivity index (χ0) is 8.15. The number of hydrogen-bond donors (Lipinski definition) is 0. The summed E-state index contributed by atoms with van der Waals surface area (Å²) in [5.74, 6) is 0.0150. The second-order valence-electron chi connectivity index (χ2n) is 2.50. The smallest absolute Gasteiger partial charge is 0.138 e. The van der Waals surface area contributed by atoms with E-state index in [1.54, 1.807) is 0 Å². The van der Waals surface area contributed by atoms with E-state index in [1.807, 2.05) is 13.8 Å². The summed E-state index contributed by atoms with van der Waals surface area (Å²) in [6.07, 6.45) is 0. The molecule has 0 aromatic rings. The molecule has 0 aromatic heterocycles. The van der Waals surface area contributed by atoms with Crippen LogP contribution in [0.4, 0.5) is 0 Å². The molecule has 0 aliphatic heterocycles. The Bertz CT molecular complexity index is 168. The molecule has 0 heterocycles. The molecule has 1 atom stereocenters. The average molecular weight is 141 g/mol. The molecule has 0 rings (SSSR count). The maximum atomic E-state index is 10.7. The van der Waals surface area contributed by atoms with Crippen LogP contribution in [0.5, 0.6) is 0 Å². The predicted octanol–water partition coefficient (Wildman–Crippen LogP) is 1.91. The fourth-order valence-electron chi connectivity index (χ4n) is 0.740.